The molecule has 3 heteroatoms. The van der Waals surface area contributed by atoms with Crippen molar-refractivity contribution < 1.29 is 4.42 Å². The van der Waals surface area contributed by atoms with E-state index in [1.165, 1.54) is 0 Å². The lowest BCUT2D eigenvalue weighted by Crippen LogP contribution is -1.85. The number of halogens is 1. The molecule has 0 aliphatic carbocycles. The van der Waals surface area contributed by atoms with Crippen molar-refractivity contribution in [1.29, 1.82) is 0 Å². The van der Waals surface area contributed by atoms with Gasteiger partial charge in [-0.1, -0.05) is 11.6 Å². The molecule has 0 spiro atoms. The van der Waals surface area contributed by atoms with Crippen LogP contribution in [0.3, 0.4) is 0 Å². The maximum absolute atomic E-state index is 6.02. The molecule has 0 saturated carbocycles. The summed E-state index contributed by atoms with van der Waals surface area (Å²) in [6.45, 7) is 1.89. The van der Waals surface area contributed by atoms with Crippen LogP contribution in [0.15, 0.2) is 34.7 Å². The van der Waals surface area contributed by atoms with Crippen LogP contribution >= 0.6 is 11.6 Å². The van der Waals surface area contributed by atoms with Crippen LogP contribution in [0, 0.1) is 6.92 Å². The van der Waals surface area contributed by atoms with E-state index < -0.39 is 0 Å². The molecule has 2 N–H and O–H groups in total. The molecule has 2 nitrogen and oxygen atoms in total. The van der Waals surface area contributed by atoms with Crippen molar-refractivity contribution in [1.82, 2.24) is 0 Å². The normalized spacial score (nSPS) is 10.4. The number of furan rings is 1. The zero-order valence-corrected chi connectivity index (χ0v) is 8.51. The molecule has 0 aliphatic rings. The average Bonchev–Trinajstić information content (AvgIpc) is 2.56. The molecular formula is C11H10ClNO. The second-order valence-electron chi connectivity index (χ2n) is 3.15. The molecule has 1 aromatic carbocycles. The fourth-order valence-electron chi connectivity index (χ4n) is 1.31. The van der Waals surface area contributed by atoms with Gasteiger partial charge in [0.1, 0.15) is 11.5 Å². The van der Waals surface area contributed by atoms with Crippen LogP contribution in [0.25, 0.3) is 11.3 Å². The molecule has 0 atom stereocenters. The Morgan fingerprint density at radius 1 is 1.21 bits per heavy atom. The molecule has 1 aromatic heterocycles. The smallest absolute Gasteiger partial charge is 0.135 e. The second-order valence-corrected chi connectivity index (χ2v) is 3.56. The Morgan fingerprint density at radius 3 is 2.64 bits per heavy atom. The minimum Gasteiger partial charge on any atom is -0.461 e. The highest BCUT2D eigenvalue weighted by Crippen LogP contribution is 2.30. The molecule has 1 heterocycles. The molecule has 14 heavy (non-hydrogen) atoms. The molecule has 0 aliphatic heterocycles. The highest BCUT2D eigenvalue weighted by atomic mass is 35.5. The summed E-state index contributed by atoms with van der Waals surface area (Å²) in [5.41, 5.74) is 7.18. The zero-order chi connectivity index (χ0) is 10.1. The fourth-order valence-corrected chi connectivity index (χ4v) is 1.52. The van der Waals surface area contributed by atoms with Crippen LogP contribution in [0.5, 0.6) is 0 Å². The molecular weight excluding hydrogens is 198 g/mol. The Hall–Kier alpha value is -1.41. The van der Waals surface area contributed by atoms with Crippen molar-refractivity contribution in [2.45, 2.75) is 6.92 Å². The maximum atomic E-state index is 6.02. The summed E-state index contributed by atoms with van der Waals surface area (Å²) in [5, 5.41) is 0.647. The van der Waals surface area contributed by atoms with Crippen LogP contribution in [-0.4, -0.2) is 0 Å². The second kappa shape index (κ2) is 3.39. The number of aryl methyl sites for hydroxylation is 1. The first kappa shape index (κ1) is 9.16. The predicted octanol–water partition coefficient (Wildman–Crippen LogP) is 3.49. The summed E-state index contributed by atoms with van der Waals surface area (Å²) < 4.78 is 5.47. The molecule has 0 bridgehead atoms. The first-order valence-electron chi connectivity index (χ1n) is 4.28. The Balaban J connectivity index is 2.55. The van der Waals surface area contributed by atoms with E-state index in [0.29, 0.717) is 10.7 Å². The van der Waals surface area contributed by atoms with Gasteiger partial charge in [0, 0.05) is 11.3 Å². The summed E-state index contributed by atoms with van der Waals surface area (Å²) in [6, 6.07) is 9.12. The minimum absolute atomic E-state index is 0.647. The monoisotopic (exact) mass is 207 g/mol. The Morgan fingerprint density at radius 2 is 2.00 bits per heavy atom. The van der Waals surface area contributed by atoms with E-state index in [9.17, 15) is 0 Å². The molecule has 72 valence electrons. The first-order chi connectivity index (χ1) is 6.66. The van der Waals surface area contributed by atoms with Crippen molar-refractivity contribution in [2.24, 2.45) is 0 Å². The summed E-state index contributed by atoms with van der Waals surface area (Å²) in [5.74, 6) is 1.61. The molecule has 0 saturated heterocycles. The van der Waals surface area contributed by atoms with Gasteiger partial charge < -0.3 is 10.2 Å². The van der Waals surface area contributed by atoms with Gasteiger partial charge in [-0.05, 0) is 37.3 Å². The third-order valence-corrected chi connectivity index (χ3v) is 2.33. The number of hydrogen-bond donors (Lipinski definition) is 1. The van der Waals surface area contributed by atoms with Gasteiger partial charge in [0.15, 0.2) is 0 Å². The van der Waals surface area contributed by atoms with Gasteiger partial charge in [-0.2, -0.15) is 0 Å². The standard InChI is InChI=1S/C11H10ClNO/c1-7-2-5-11(14-7)9-6-8(13)3-4-10(9)12/h2-6H,13H2,1H3. The van der Waals surface area contributed by atoms with E-state index in [-0.39, 0.29) is 0 Å². The Kier molecular flexibility index (Phi) is 2.22. The van der Waals surface area contributed by atoms with Crippen LogP contribution in [0.4, 0.5) is 5.69 Å². The SMILES string of the molecule is Cc1ccc(-c2cc(N)ccc2Cl)o1. The predicted molar refractivity (Wildman–Crippen MR) is 58.3 cm³/mol. The van der Waals surface area contributed by atoms with Gasteiger partial charge in [-0.25, -0.2) is 0 Å². The number of anilines is 1. The van der Waals surface area contributed by atoms with Crippen molar-refractivity contribution in [3.63, 3.8) is 0 Å². The molecule has 0 unspecified atom stereocenters. The summed E-state index contributed by atoms with van der Waals surface area (Å²) in [6.07, 6.45) is 0. The van der Waals surface area contributed by atoms with Gasteiger partial charge in [-0.15, -0.1) is 0 Å². The molecule has 2 rings (SSSR count). The third kappa shape index (κ3) is 1.61. The quantitative estimate of drug-likeness (QED) is 0.727. The topological polar surface area (TPSA) is 39.2 Å². The molecule has 0 fully saturated rings. The van der Waals surface area contributed by atoms with Crippen LogP contribution < -0.4 is 5.73 Å². The number of rotatable bonds is 1. The molecule has 0 amide bonds. The Labute approximate surface area is 87.3 Å². The minimum atomic E-state index is 0.647. The van der Waals surface area contributed by atoms with Gasteiger partial charge in [-0.3, -0.25) is 0 Å². The number of nitrogen functional groups attached to an aromatic ring is 1. The van der Waals surface area contributed by atoms with Crippen molar-refractivity contribution >= 4 is 17.3 Å². The number of benzene rings is 1. The summed E-state index contributed by atoms with van der Waals surface area (Å²) >= 11 is 6.02. The van der Waals surface area contributed by atoms with E-state index in [1.807, 2.05) is 19.1 Å². The van der Waals surface area contributed by atoms with Crippen molar-refractivity contribution in [3.8, 4) is 11.3 Å². The van der Waals surface area contributed by atoms with Gasteiger partial charge in [0.25, 0.3) is 0 Å². The zero-order valence-electron chi connectivity index (χ0n) is 7.75. The van der Waals surface area contributed by atoms with E-state index >= 15 is 0 Å². The lowest BCUT2D eigenvalue weighted by Gasteiger charge is -2.01. The van der Waals surface area contributed by atoms with E-state index in [4.69, 9.17) is 21.8 Å². The maximum Gasteiger partial charge on any atom is 0.135 e. The van der Waals surface area contributed by atoms with Gasteiger partial charge in [0.05, 0.1) is 5.02 Å². The highest BCUT2D eigenvalue weighted by molar-refractivity contribution is 6.33. The number of nitrogens with two attached hydrogens (primary N) is 1. The van der Waals surface area contributed by atoms with Crippen molar-refractivity contribution in [3.05, 3.63) is 41.1 Å². The fraction of sp³-hybridized carbons (Fsp3) is 0.0909. The highest BCUT2D eigenvalue weighted by Gasteiger charge is 2.07. The van der Waals surface area contributed by atoms with Crippen LogP contribution in [0.2, 0.25) is 5.02 Å². The van der Waals surface area contributed by atoms with E-state index in [2.05, 4.69) is 0 Å². The Bertz CT molecular complexity index is 462. The first-order valence-corrected chi connectivity index (χ1v) is 4.66. The third-order valence-electron chi connectivity index (χ3n) is 2.00. The molecule has 2 aromatic rings. The van der Waals surface area contributed by atoms with Crippen molar-refractivity contribution in [2.75, 3.05) is 5.73 Å². The molecule has 0 radical (unpaired) electrons. The van der Waals surface area contributed by atoms with Gasteiger partial charge >= 0.3 is 0 Å². The van der Waals surface area contributed by atoms with Gasteiger partial charge in [0.2, 0.25) is 0 Å². The lowest BCUT2D eigenvalue weighted by molar-refractivity contribution is 0.548. The summed E-state index contributed by atoms with van der Waals surface area (Å²) in [7, 11) is 0. The average molecular weight is 208 g/mol. The summed E-state index contributed by atoms with van der Waals surface area (Å²) in [4.78, 5) is 0. The van der Waals surface area contributed by atoms with Crippen LogP contribution in [-0.2, 0) is 0 Å². The van der Waals surface area contributed by atoms with Crippen LogP contribution in [0.1, 0.15) is 5.76 Å². The lowest BCUT2D eigenvalue weighted by atomic mass is 10.1. The number of hydrogen-bond acceptors (Lipinski definition) is 2. The largest absolute Gasteiger partial charge is 0.461 e. The van der Waals surface area contributed by atoms with E-state index in [0.717, 1.165) is 17.1 Å². The van der Waals surface area contributed by atoms with E-state index in [1.54, 1.807) is 18.2 Å².